The van der Waals surface area contributed by atoms with Crippen molar-refractivity contribution >= 4 is 11.9 Å². The smallest absolute Gasteiger partial charge is 0.305 e. The summed E-state index contributed by atoms with van der Waals surface area (Å²) < 4.78 is 5.20. The molecule has 1 N–H and O–H groups in total. The van der Waals surface area contributed by atoms with Gasteiger partial charge in [-0.05, 0) is 31.4 Å². The first-order chi connectivity index (χ1) is 9.16. The molecular weight excluding hydrogens is 246 g/mol. The van der Waals surface area contributed by atoms with Crippen LogP contribution in [-0.2, 0) is 16.0 Å². The molecule has 5 heteroatoms. The van der Waals surface area contributed by atoms with Crippen molar-refractivity contribution in [3.05, 3.63) is 24.2 Å². The van der Waals surface area contributed by atoms with Crippen molar-refractivity contribution in [2.24, 2.45) is 0 Å². The highest BCUT2D eigenvalue weighted by atomic mass is 16.4. The number of aryl methyl sites for hydroxylation is 1. The van der Waals surface area contributed by atoms with E-state index >= 15 is 0 Å². The Bertz CT molecular complexity index is 427. The third-order valence-corrected chi connectivity index (χ3v) is 3.52. The van der Waals surface area contributed by atoms with Crippen LogP contribution in [0.1, 0.15) is 37.9 Å². The molecule has 19 heavy (non-hydrogen) atoms. The maximum absolute atomic E-state index is 12.2. The number of aliphatic carboxylic acids is 1. The summed E-state index contributed by atoms with van der Waals surface area (Å²) >= 11 is 0. The Morgan fingerprint density at radius 2 is 2.26 bits per heavy atom. The summed E-state index contributed by atoms with van der Waals surface area (Å²) in [5.74, 6) is -0.0155. The first-order valence-corrected chi connectivity index (χ1v) is 6.70. The fraction of sp³-hybridized carbons (Fsp3) is 0.571. The lowest BCUT2D eigenvalue weighted by atomic mass is 9.98. The monoisotopic (exact) mass is 265 g/mol. The highest BCUT2D eigenvalue weighted by Crippen LogP contribution is 2.21. The average molecular weight is 265 g/mol. The van der Waals surface area contributed by atoms with Gasteiger partial charge in [0.1, 0.15) is 5.76 Å². The quantitative estimate of drug-likeness (QED) is 0.884. The van der Waals surface area contributed by atoms with E-state index in [1.807, 2.05) is 6.07 Å². The Balaban J connectivity index is 1.89. The number of carboxylic acids is 1. The first-order valence-electron chi connectivity index (χ1n) is 6.70. The number of amides is 1. The summed E-state index contributed by atoms with van der Waals surface area (Å²) in [4.78, 5) is 24.7. The molecule has 1 aromatic heterocycles. The van der Waals surface area contributed by atoms with Crippen LogP contribution in [-0.4, -0.2) is 34.5 Å². The number of furan rings is 1. The van der Waals surface area contributed by atoms with Crippen molar-refractivity contribution in [2.45, 2.75) is 44.6 Å². The molecule has 5 nitrogen and oxygen atoms in total. The van der Waals surface area contributed by atoms with Gasteiger partial charge in [-0.15, -0.1) is 0 Å². The van der Waals surface area contributed by atoms with E-state index in [-0.39, 0.29) is 18.4 Å². The number of carbonyl (C=O) groups is 2. The number of hydrogen-bond donors (Lipinski definition) is 1. The second kappa shape index (κ2) is 6.41. The van der Waals surface area contributed by atoms with E-state index in [9.17, 15) is 9.59 Å². The summed E-state index contributed by atoms with van der Waals surface area (Å²) in [5.41, 5.74) is 0. The largest absolute Gasteiger partial charge is 0.481 e. The zero-order chi connectivity index (χ0) is 13.7. The molecule has 1 amide bonds. The van der Waals surface area contributed by atoms with Crippen molar-refractivity contribution in [1.82, 2.24) is 4.90 Å². The summed E-state index contributed by atoms with van der Waals surface area (Å²) in [7, 11) is 0. The third kappa shape index (κ3) is 3.84. The zero-order valence-corrected chi connectivity index (χ0v) is 10.9. The van der Waals surface area contributed by atoms with Crippen molar-refractivity contribution in [1.29, 1.82) is 0 Å². The lowest BCUT2D eigenvalue weighted by molar-refractivity contribution is -0.141. The van der Waals surface area contributed by atoms with Crippen LogP contribution in [0.2, 0.25) is 0 Å². The van der Waals surface area contributed by atoms with E-state index in [0.717, 1.165) is 25.0 Å². The van der Waals surface area contributed by atoms with Gasteiger partial charge in [0.15, 0.2) is 0 Å². The van der Waals surface area contributed by atoms with E-state index in [1.54, 1.807) is 17.2 Å². The number of likely N-dealkylation sites (tertiary alicyclic amines) is 1. The molecule has 0 saturated carbocycles. The van der Waals surface area contributed by atoms with Gasteiger partial charge in [0.25, 0.3) is 0 Å². The standard InChI is InChI=1S/C14H19NO4/c16-13(7-6-12-5-3-9-19-12)15-8-2-1-4-11(15)10-14(17)18/h3,5,9,11H,1-2,4,6-8,10H2,(H,17,18). The lowest BCUT2D eigenvalue weighted by Crippen LogP contribution is -2.44. The van der Waals surface area contributed by atoms with Crippen molar-refractivity contribution in [3.63, 3.8) is 0 Å². The molecule has 0 spiro atoms. The molecule has 1 aromatic rings. The van der Waals surface area contributed by atoms with Gasteiger partial charge in [-0.2, -0.15) is 0 Å². The number of piperidine rings is 1. The summed E-state index contributed by atoms with van der Waals surface area (Å²) in [6, 6.07) is 3.50. The van der Waals surface area contributed by atoms with E-state index in [4.69, 9.17) is 9.52 Å². The molecule has 0 aliphatic carbocycles. The van der Waals surface area contributed by atoms with Crippen molar-refractivity contribution < 1.29 is 19.1 Å². The van der Waals surface area contributed by atoms with Gasteiger partial charge in [0.05, 0.1) is 12.7 Å². The normalized spacial score (nSPS) is 19.4. The fourth-order valence-corrected chi connectivity index (χ4v) is 2.57. The minimum Gasteiger partial charge on any atom is -0.481 e. The second-order valence-electron chi connectivity index (χ2n) is 4.91. The van der Waals surface area contributed by atoms with Gasteiger partial charge in [0.2, 0.25) is 5.91 Å². The number of nitrogens with zero attached hydrogens (tertiary/aromatic N) is 1. The SMILES string of the molecule is O=C(O)CC1CCCCN1C(=O)CCc1ccco1. The molecule has 104 valence electrons. The Hall–Kier alpha value is -1.78. The predicted octanol–water partition coefficient (Wildman–Crippen LogP) is 2.07. The lowest BCUT2D eigenvalue weighted by Gasteiger charge is -2.35. The molecular formula is C14H19NO4. The molecule has 1 saturated heterocycles. The minimum absolute atomic E-state index is 0.0300. The summed E-state index contributed by atoms with van der Waals surface area (Å²) in [6.07, 6.45) is 5.34. The summed E-state index contributed by atoms with van der Waals surface area (Å²) in [5, 5.41) is 8.89. The third-order valence-electron chi connectivity index (χ3n) is 3.52. The van der Waals surface area contributed by atoms with Crippen LogP contribution in [0.4, 0.5) is 0 Å². The van der Waals surface area contributed by atoms with E-state index in [1.165, 1.54) is 0 Å². The minimum atomic E-state index is -0.837. The molecule has 0 bridgehead atoms. The van der Waals surface area contributed by atoms with Crippen LogP contribution in [0.3, 0.4) is 0 Å². The van der Waals surface area contributed by atoms with Crippen LogP contribution < -0.4 is 0 Å². The maximum Gasteiger partial charge on any atom is 0.305 e. The van der Waals surface area contributed by atoms with Crippen LogP contribution in [0.15, 0.2) is 22.8 Å². The van der Waals surface area contributed by atoms with E-state index in [2.05, 4.69) is 0 Å². The highest BCUT2D eigenvalue weighted by molar-refractivity contribution is 5.78. The van der Waals surface area contributed by atoms with E-state index < -0.39 is 5.97 Å². The van der Waals surface area contributed by atoms with Gasteiger partial charge in [-0.1, -0.05) is 0 Å². The van der Waals surface area contributed by atoms with Crippen LogP contribution in [0.5, 0.6) is 0 Å². The van der Waals surface area contributed by atoms with Gasteiger partial charge >= 0.3 is 5.97 Å². The fourth-order valence-electron chi connectivity index (χ4n) is 2.57. The maximum atomic E-state index is 12.2. The molecule has 0 radical (unpaired) electrons. The zero-order valence-electron chi connectivity index (χ0n) is 10.9. The average Bonchev–Trinajstić information content (AvgIpc) is 2.89. The number of rotatable bonds is 5. The van der Waals surface area contributed by atoms with E-state index in [0.29, 0.717) is 19.4 Å². The molecule has 2 heterocycles. The molecule has 1 aliphatic heterocycles. The van der Waals surface area contributed by atoms with Crippen LogP contribution in [0.25, 0.3) is 0 Å². The molecule has 1 atom stereocenters. The predicted molar refractivity (Wildman–Crippen MR) is 68.6 cm³/mol. The molecule has 0 aromatic carbocycles. The van der Waals surface area contributed by atoms with Crippen molar-refractivity contribution in [2.75, 3.05) is 6.54 Å². The Kier molecular flexibility index (Phi) is 4.60. The van der Waals surface area contributed by atoms with Crippen LogP contribution in [0, 0.1) is 0 Å². The molecule has 1 aliphatic rings. The molecule has 1 unspecified atom stereocenters. The topological polar surface area (TPSA) is 70.8 Å². The number of carbonyl (C=O) groups excluding carboxylic acids is 1. The van der Waals surface area contributed by atoms with Crippen molar-refractivity contribution in [3.8, 4) is 0 Å². The second-order valence-corrected chi connectivity index (χ2v) is 4.91. The Morgan fingerprint density at radius 1 is 1.42 bits per heavy atom. The van der Waals surface area contributed by atoms with Gasteiger partial charge in [-0.25, -0.2) is 0 Å². The molecule has 2 rings (SSSR count). The Morgan fingerprint density at radius 3 is 2.95 bits per heavy atom. The van der Waals surface area contributed by atoms with Gasteiger partial charge < -0.3 is 14.4 Å². The number of hydrogen-bond acceptors (Lipinski definition) is 3. The van der Waals surface area contributed by atoms with Gasteiger partial charge in [0, 0.05) is 25.4 Å². The number of carboxylic acid groups (broad SMARTS) is 1. The highest BCUT2D eigenvalue weighted by Gasteiger charge is 2.28. The summed E-state index contributed by atoms with van der Waals surface area (Å²) in [6.45, 7) is 0.676. The van der Waals surface area contributed by atoms with Gasteiger partial charge in [-0.3, -0.25) is 9.59 Å². The first kappa shape index (κ1) is 13.6. The Labute approximate surface area is 112 Å². The van der Waals surface area contributed by atoms with Crippen LogP contribution >= 0.6 is 0 Å². The molecule has 1 fully saturated rings.